The van der Waals surface area contributed by atoms with Crippen molar-refractivity contribution in [3.05, 3.63) is 54.4 Å². The maximum Gasteiger partial charge on any atom is 0.255 e. The summed E-state index contributed by atoms with van der Waals surface area (Å²) in [7, 11) is -3.56. The number of hydrogen-bond donors (Lipinski definition) is 2. The highest BCUT2D eigenvalue weighted by Crippen LogP contribution is 2.13. The van der Waals surface area contributed by atoms with Gasteiger partial charge in [0, 0.05) is 17.8 Å². The molecule has 2 N–H and O–H groups in total. The van der Waals surface area contributed by atoms with Gasteiger partial charge in [0.15, 0.2) is 0 Å². The van der Waals surface area contributed by atoms with E-state index in [-0.39, 0.29) is 16.8 Å². The van der Waals surface area contributed by atoms with Gasteiger partial charge in [-0.3, -0.25) is 9.78 Å². The van der Waals surface area contributed by atoms with E-state index in [1.165, 1.54) is 30.5 Å². The second kappa shape index (κ2) is 7.34. The Balaban J connectivity index is 2.11. The molecule has 1 aromatic carbocycles. The van der Waals surface area contributed by atoms with E-state index in [2.05, 4.69) is 15.0 Å². The normalized spacial score (nSPS) is 12.6. The van der Waals surface area contributed by atoms with Gasteiger partial charge in [0.2, 0.25) is 10.0 Å². The van der Waals surface area contributed by atoms with Gasteiger partial charge in [0.1, 0.15) is 0 Å². The van der Waals surface area contributed by atoms with E-state index in [0.717, 1.165) is 0 Å². The van der Waals surface area contributed by atoms with Crippen LogP contribution in [-0.4, -0.2) is 25.4 Å². The average molecular weight is 333 g/mol. The van der Waals surface area contributed by atoms with E-state index in [1.807, 2.05) is 6.92 Å². The van der Waals surface area contributed by atoms with Crippen LogP contribution in [0.3, 0.4) is 0 Å². The van der Waals surface area contributed by atoms with E-state index in [9.17, 15) is 13.2 Å². The number of nitrogens with one attached hydrogen (secondary N) is 2. The van der Waals surface area contributed by atoms with E-state index >= 15 is 0 Å². The minimum Gasteiger partial charge on any atom is -0.321 e. The number of aromatic nitrogens is 1. The molecule has 0 aliphatic carbocycles. The van der Waals surface area contributed by atoms with Crippen molar-refractivity contribution in [2.45, 2.75) is 31.2 Å². The quantitative estimate of drug-likeness (QED) is 0.850. The highest BCUT2D eigenvalue weighted by Gasteiger charge is 2.17. The number of rotatable bonds is 6. The van der Waals surface area contributed by atoms with Crippen molar-refractivity contribution < 1.29 is 13.2 Å². The van der Waals surface area contributed by atoms with Crippen LogP contribution in [0.5, 0.6) is 0 Å². The molecule has 2 aromatic rings. The molecule has 1 amide bonds. The molecule has 6 nitrogen and oxygen atoms in total. The lowest BCUT2D eigenvalue weighted by Gasteiger charge is -2.12. The molecule has 122 valence electrons. The number of anilines is 1. The third-order valence-corrected chi connectivity index (χ3v) is 4.92. The Kier molecular flexibility index (Phi) is 5.46. The number of hydrogen-bond acceptors (Lipinski definition) is 4. The van der Waals surface area contributed by atoms with Gasteiger partial charge in [-0.2, -0.15) is 0 Å². The predicted molar refractivity (Wildman–Crippen MR) is 88.7 cm³/mol. The largest absolute Gasteiger partial charge is 0.321 e. The zero-order chi connectivity index (χ0) is 16.9. The van der Waals surface area contributed by atoms with E-state index in [1.54, 1.807) is 25.3 Å². The molecule has 1 aromatic heterocycles. The number of amides is 1. The first-order valence-electron chi connectivity index (χ1n) is 7.26. The number of carbonyl (C=O) groups is 1. The van der Waals surface area contributed by atoms with Gasteiger partial charge in [-0.15, -0.1) is 0 Å². The Labute approximate surface area is 136 Å². The minimum absolute atomic E-state index is 0.135. The zero-order valence-electron chi connectivity index (χ0n) is 13.0. The maximum absolute atomic E-state index is 12.2. The molecule has 0 aliphatic rings. The van der Waals surface area contributed by atoms with Gasteiger partial charge in [-0.05, 0) is 49.7 Å². The predicted octanol–water partition coefficient (Wildman–Crippen LogP) is 2.41. The fourth-order valence-electron chi connectivity index (χ4n) is 1.84. The van der Waals surface area contributed by atoms with Gasteiger partial charge >= 0.3 is 0 Å². The average Bonchev–Trinajstić information content (AvgIpc) is 2.55. The fourth-order valence-corrected chi connectivity index (χ4v) is 3.17. The Hall–Kier alpha value is -2.25. The lowest BCUT2D eigenvalue weighted by Crippen LogP contribution is -2.32. The number of benzene rings is 1. The van der Waals surface area contributed by atoms with Crippen LogP contribution in [0.25, 0.3) is 0 Å². The summed E-state index contributed by atoms with van der Waals surface area (Å²) in [4.78, 5) is 16.1. The molecule has 1 heterocycles. The fraction of sp³-hybridized carbons (Fsp3) is 0.250. The number of sulfonamides is 1. The molecular formula is C16H19N3O3S. The van der Waals surface area contributed by atoms with Gasteiger partial charge in [-0.1, -0.05) is 6.92 Å². The summed E-state index contributed by atoms with van der Waals surface area (Å²) in [5.41, 5.74) is 0.948. The number of pyridine rings is 1. The van der Waals surface area contributed by atoms with E-state index < -0.39 is 10.0 Å². The van der Waals surface area contributed by atoms with Crippen LogP contribution >= 0.6 is 0 Å². The SMILES string of the molecule is CCC(C)NS(=O)(=O)c1ccc(C(=O)Nc2cccnc2)cc1. The van der Waals surface area contributed by atoms with Crippen LogP contribution in [0.2, 0.25) is 0 Å². The Morgan fingerprint density at radius 2 is 1.91 bits per heavy atom. The number of nitrogens with zero attached hydrogens (tertiary/aromatic N) is 1. The van der Waals surface area contributed by atoms with Crippen molar-refractivity contribution in [3.8, 4) is 0 Å². The summed E-state index contributed by atoms with van der Waals surface area (Å²) in [6.07, 6.45) is 3.84. The van der Waals surface area contributed by atoms with Crippen molar-refractivity contribution in [3.63, 3.8) is 0 Å². The molecule has 23 heavy (non-hydrogen) atoms. The first-order valence-corrected chi connectivity index (χ1v) is 8.74. The van der Waals surface area contributed by atoms with Crippen molar-refractivity contribution in [1.82, 2.24) is 9.71 Å². The van der Waals surface area contributed by atoms with Crippen LogP contribution in [0.4, 0.5) is 5.69 Å². The van der Waals surface area contributed by atoms with Crippen LogP contribution in [0, 0.1) is 0 Å². The first kappa shape index (κ1) is 17.1. The smallest absolute Gasteiger partial charge is 0.255 e. The summed E-state index contributed by atoms with van der Waals surface area (Å²) in [5, 5.41) is 2.69. The molecule has 0 radical (unpaired) electrons. The Bertz CT molecular complexity index is 759. The van der Waals surface area contributed by atoms with Crippen LogP contribution in [-0.2, 0) is 10.0 Å². The Morgan fingerprint density at radius 3 is 2.48 bits per heavy atom. The van der Waals surface area contributed by atoms with Crippen LogP contribution in [0.1, 0.15) is 30.6 Å². The molecule has 1 unspecified atom stereocenters. The molecule has 0 bridgehead atoms. The summed E-state index contributed by atoms with van der Waals surface area (Å²) in [6.45, 7) is 3.70. The maximum atomic E-state index is 12.2. The summed E-state index contributed by atoms with van der Waals surface area (Å²) < 4.78 is 26.9. The highest BCUT2D eigenvalue weighted by atomic mass is 32.2. The molecule has 2 rings (SSSR count). The third kappa shape index (κ3) is 4.61. The molecule has 0 spiro atoms. The van der Waals surface area contributed by atoms with Crippen molar-refractivity contribution in [2.75, 3.05) is 5.32 Å². The van der Waals surface area contributed by atoms with Crippen LogP contribution in [0.15, 0.2) is 53.7 Å². The Morgan fingerprint density at radius 1 is 1.22 bits per heavy atom. The van der Waals surface area contributed by atoms with Crippen molar-refractivity contribution >= 4 is 21.6 Å². The van der Waals surface area contributed by atoms with Crippen molar-refractivity contribution in [2.24, 2.45) is 0 Å². The summed E-state index contributed by atoms with van der Waals surface area (Å²) in [5.74, 6) is -0.322. The van der Waals surface area contributed by atoms with Gasteiger partial charge in [0.05, 0.1) is 16.8 Å². The summed E-state index contributed by atoms with van der Waals surface area (Å²) >= 11 is 0. The second-order valence-corrected chi connectivity index (χ2v) is 6.86. The minimum atomic E-state index is -3.56. The highest BCUT2D eigenvalue weighted by molar-refractivity contribution is 7.89. The van der Waals surface area contributed by atoms with E-state index in [0.29, 0.717) is 17.7 Å². The molecular weight excluding hydrogens is 314 g/mol. The molecule has 0 saturated carbocycles. The van der Waals surface area contributed by atoms with Crippen molar-refractivity contribution in [1.29, 1.82) is 0 Å². The number of carbonyl (C=O) groups excluding carboxylic acids is 1. The molecule has 1 atom stereocenters. The third-order valence-electron chi connectivity index (χ3n) is 3.31. The standard InChI is InChI=1S/C16H19N3O3S/c1-3-12(2)19-23(21,22)15-8-6-13(7-9-15)16(20)18-14-5-4-10-17-11-14/h4-12,19H,3H2,1-2H3,(H,18,20). The lowest BCUT2D eigenvalue weighted by molar-refractivity contribution is 0.102. The van der Waals surface area contributed by atoms with E-state index in [4.69, 9.17) is 0 Å². The first-order chi connectivity index (χ1) is 10.9. The van der Waals surface area contributed by atoms with Crippen LogP contribution < -0.4 is 10.0 Å². The second-order valence-electron chi connectivity index (χ2n) is 5.15. The van der Waals surface area contributed by atoms with Gasteiger partial charge in [0.25, 0.3) is 5.91 Å². The molecule has 7 heteroatoms. The van der Waals surface area contributed by atoms with Gasteiger partial charge in [-0.25, -0.2) is 13.1 Å². The monoisotopic (exact) mass is 333 g/mol. The zero-order valence-corrected chi connectivity index (χ0v) is 13.8. The lowest BCUT2D eigenvalue weighted by atomic mass is 10.2. The van der Waals surface area contributed by atoms with Gasteiger partial charge < -0.3 is 5.32 Å². The molecule has 0 fully saturated rings. The topological polar surface area (TPSA) is 88.2 Å². The molecule has 0 saturated heterocycles. The summed E-state index contributed by atoms with van der Waals surface area (Å²) in [6, 6.07) is 9.10. The molecule has 0 aliphatic heterocycles.